The van der Waals surface area contributed by atoms with E-state index in [1.807, 2.05) is 24.3 Å². The van der Waals surface area contributed by atoms with Gasteiger partial charge in [0, 0.05) is 17.6 Å². The van der Waals surface area contributed by atoms with Crippen LogP contribution in [-0.4, -0.2) is 36.9 Å². The van der Waals surface area contributed by atoms with Crippen molar-refractivity contribution in [1.29, 1.82) is 0 Å². The maximum atomic E-state index is 11.7. The first-order valence-electron chi connectivity index (χ1n) is 8.56. The van der Waals surface area contributed by atoms with Crippen LogP contribution in [0.4, 0.5) is 10.6 Å². The Balaban J connectivity index is 1.64. The maximum absolute atomic E-state index is 11.7. The Morgan fingerprint density at radius 2 is 2.36 bits per heavy atom. The molecule has 6 nitrogen and oxygen atoms in total. The molecule has 0 spiro atoms. The zero-order valence-corrected chi connectivity index (χ0v) is 14.2. The van der Waals surface area contributed by atoms with E-state index in [2.05, 4.69) is 22.2 Å². The number of hydrogen-bond acceptors (Lipinski definition) is 5. The number of aromatic nitrogens is 1. The van der Waals surface area contributed by atoms with E-state index >= 15 is 0 Å². The summed E-state index contributed by atoms with van der Waals surface area (Å²) in [7, 11) is 0. The molecule has 25 heavy (non-hydrogen) atoms. The van der Waals surface area contributed by atoms with Gasteiger partial charge in [0.1, 0.15) is 18.2 Å². The molecule has 1 fully saturated rings. The third-order valence-electron chi connectivity index (χ3n) is 4.19. The summed E-state index contributed by atoms with van der Waals surface area (Å²) < 4.78 is 10.8. The van der Waals surface area contributed by atoms with Crippen molar-refractivity contribution >= 4 is 22.7 Å². The summed E-state index contributed by atoms with van der Waals surface area (Å²) in [6.45, 7) is 5.47. The lowest BCUT2D eigenvalue weighted by Crippen LogP contribution is -2.23. The van der Waals surface area contributed by atoms with Crippen molar-refractivity contribution < 1.29 is 14.3 Å². The minimum Gasteiger partial charge on any atom is -0.494 e. The van der Waals surface area contributed by atoms with Gasteiger partial charge in [-0.15, -0.1) is 0 Å². The summed E-state index contributed by atoms with van der Waals surface area (Å²) in [6.07, 6.45) is 6.10. The SMILES string of the molecule is C=CCOC(=O)Nc1nccc2cc(OCC[C@@H]3CCCN3)ccc12. The predicted molar refractivity (Wildman–Crippen MR) is 98.0 cm³/mol. The minimum absolute atomic E-state index is 0.157. The van der Waals surface area contributed by atoms with E-state index < -0.39 is 6.09 Å². The molecule has 0 saturated carbocycles. The van der Waals surface area contributed by atoms with E-state index in [0.717, 1.165) is 29.5 Å². The average molecular weight is 341 g/mol. The van der Waals surface area contributed by atoms with Gasteiger partial charge in [0.25, 0.3) is 0 Å². The highest BCUT2D eigenvalue weighted by atomic mass is 16.5. The number of benzene rings is 1. The lowest BCUT2D eigenvalue weighted by molar-refractivity contribution is 0.174. The zero-order valence-electron chi connectivity index (χ0n) is 14.2. The second-order valence-corrected chi connectivity index (χ2v) is 5.99. The van der Waals surface area contributed by atoms with E-state index in [1.165, 1.54) is 18.9 Å². The predicted octanol–water partition coefficient (Wildman–Crippen LogP) is 3.49. The van der Waals surface area contributed by atoms with Crippen LogP contribution in [-0.2, 0) is 4.74 Å². The molecule has 1 amide bonds. The van der Waals surface area contributed by atoms with Crippen LogP contribution in [0, 0.1) is 0 Å². The summed E-state index contributed by atoms with van der Waals surface area (Å²) in [6, 6.07) is 8.21. The number of anilines is 1. The summed E-state index contributed by atoms with van der Waals surface area (Å²) >= 11 is 0. The van der Waals surface area contributed by atoms with Crippen LogP contribution in [0.15, 0.2) is 43.1 Å². The van der Waals surface area contributed by atoms with E-state index in [4.69, 9.17) is 9.47 Å². The first-order valence-corrected chi connectivity index (χ1v) is 8.56. The van der Waals surface area contributed by atoms with Crippen LogP contribution in [0.5, 0.6) is 5.75 Å². The Morgan fingerprint density at radius 1 is 1.44 bits per heavy atom. The van der Waals surface area contributed by atoms with Crippen LogP contribution in [0.1, 0.15) is 19.3 Å². The Hall–Kier alpha value is -2.60. The molecule has 0 bridgehead atoms. The Bertz CT molecular complexity index is 742. The molecule has 0 unspecified atom stereocenters. The van der Waals surface area contributed by atoms with Crippen LogP contribution < -0.4 is 15.4 Å². The van der Waals surface area contributed by atoms with Gasteiger partial charge in [0.05, 0.1) is 6.61 Å². The van der Waals surface area contributed by atoms with Gasteiger partial charge in [-0.05, 0) is 55.5 Å². The molecule has 2 aromatic rings. The fraction of sp³-hybridized carbons (Fsp3) is 0.368. The number of nitrogens with one attached hydrogen (secondary N) is 2. The number of rotatable bonds is 7. The molecule has 6 heteroatoms. The van der Waals surface area contributed by atoms with E-state index in [9.17, 15) is 4.79 Å². The molecule has 2 heterocycles. The molecule has 0 radical (unpaired) electrons. The number of nitrogens with zero attached hydrogens (tertiary/aromatic N) is 1. The smallest absolute Gasteiger partial charge is 0.413 e. The third kappa shape index (κ3) is 4.70. The lowest BCUT2D eigenvalue weighted by Gasteiger charge is -2.12. The number of amides is 1. The maximum Gasteiger partial charge on any atom is 0.413 e. The van der Waals surface area contributed by atoms with Crippen molar-refractivity contribution in [2.24, 2.45) is 0 Å². The Labute approximate surface area is 147 Å². The van der Waals surface area contributed by atoms with Gasteiger partial charge in [0.2, 0.25) is 0 Å². The van der Waals surface area contributed by atoms with Crippen molar-refractivity contribution in [1.82, 2.24) is 10.3 Å². The summed E-state index contributed by atoms with van der Waals surface area (Å²) in [4.78, 5) is 15.9. The molecular weight excluding hydrogens is 318 g/mol. The molecule has 1 atom stereocenters. The highest BCUT2D eigenvalue weighted by Gasteiger charge is 2.13. The molecular formula is C19H23N3O3. The Kier molecular flexibility index (Phi) is 5.85. The molecule has 132 valence electrons. The molecule has 1 aliphatic rings. The second kappa shape index (κ2) is 8.48. The van der Waals surface area contributed by atoms with Gasteiger partial charge in [0.15, 0.2) is 0 Å². The van der Waals surface area contributed by atoms with E-state index in [0.29, 0.717) is 18.5 Å². The molecule has 2 N–H and O–H groups in total. The number of hydrogen-bond donors (Lipinski definition) is 2. The lowest BCUT2D eigenvalue weighted by atomic mass is 10.1. The standard InChI is InChI=1S/C19H23N3O3/c1-2-11-25-19(23)22-18-17-6-5-16(13-14(17)7-10-21-18)24-12-8-15-4-3-9-20-15/h2,5-7,10,13,15,20H,1,3-4,8-9,11-12H2,(H,21,22,23)/t15-/m0/s1. The van der Waals surface area contributed by atoms with Crippen LogP contribution >= 0.6 is 0 Å². The number of fused-ring (bicyclic) bond motifs is 1. The molecule has 1 saturated heterocycles. The quantitative estimate of drug-likeness (QED) is 0.754. The second-order valence-electron chi connectivity index (χ2n) is 5.99. The van der Waals surface area contributed by atoms with Gasteiger partial charge in [-0.2, -0.15) is 0 Å². The van der Waals surface area contributed by atoms with Crippen LogP contribution in [0.3, 0.4) is 0 Å². The summed E-state index contributed by atoms with van der Waals surface area (Å²) in [5.74, 6) is 1.28. The van der Waals surface area contributed by atoms with Crippen molar-refractivity contribution in [3.8, 4) is 5.75 Å². The molecule has 1 aliphatic heterocycles. The normalized spacial score (nSPS) is 16.6. The largest absolute Gasteiger partial charge is 0.494 e. The number of carbonyl (C=O) groups excluding carboxylic acids is 1. The van der Waals surface area contributed by atoms with Crippen LogP contribution in [0.2, 0.25) is 0 Å². The third-order valence-corrected chi connectivity index (χ3v) is 4.19. The van der Waals surface area contributed by atoms with Gasteiger partial charge in [-0.25, -0.2) is 9.78 Å². The number of ether oxygens (including phenoxy) is 2. The van der Waals surface area contributed by atoms with Crippen molar-refractivity contribution in [2.45, 2.75) is 25.3 Å². The van der Waals surface area contributed by atoms with Crippen molar-refractivity contribution in [3.63, 3.8) is 0 Å². The van der Waals surface area contributed by atoms with E-state index in [1.54, 1.807) is 6.20 Å². The molecule has 3 rings (SSSR count). The first-order chi connectivity index (χ1) is 12.3. The highest BCUT2D eigenvalue weighted by molar-refractivity contribution is 5.98. The fourth-order valence-electron chi connectivity index (χ4n) is 2.93. The van der Waals surface area contributed by atoms with Crippen LogP contribution in [0.25, 0.3) is 10.8 Å². The van der Waals surface area contributed by atoms with Gasteiger partial charge in [-0.3, -0.25) is 5.32 Å². The topological polar surface area (TPSA) is 72.5 Å². The van der Waals surface area contributed by atoms with Gasteiger partial charge in [-0.1, -0.05) is 12.7 Å². The van der Waals surface area contributed by atoms with Crippen molar-refractivity contribution in [3.05, 3.63) is 43.1 Å². The van der Waals surface area contributed by atoms with Gasteiger partial charge < -0.3 is 14.8 Å². The first kappa shape index (κ1) is 17.2. The average Bonchev–Trinajstić information content (AvgIpc) is 3.13. The highest BCUT2D eigenvalue weighted by Crippen LogP contribution is 2.26. The monoisotopic (exact) mass is 341 g/mol. The fourth-order valence-corrected chi connectivity index (χ4v) is 2.93. The minimum atomic E-state index is -0.552. The summed E-state index contributed by atoms with van der Waals surface area (Å²) in [5.41, 5.74) is 0. The summed E-state index contributed by atoms with van der Waals surface area (Å²) in [5, 5.41) is 7.90. The molecule has 1 aromatic carbocycles. The number of carbonyl (C=O) groups is 1. The van der Waals surface area contributed by atoms with E-state index in [-0.39, 0.29) is 6.61 Å². The Morgan fingerprint density at radius 3 is 3.16 bits per heavy atom. The zero-order chi connectivity index (χ0) is 17.5. The molecule has 0 aliphatic carbocycles. The van der Waals surface area contributed by atoms with Crippen molar-refractivity contribution in [2.75, 3.05) is 25.1 Å². The number of pyridine rings is 1. The molecule has 1 aromatic heterocycles. The van der Waals surface area contributed by atoms with Gasteiger partial charge >= 0.3 is 6.09 Å².